The van der Waals surface area contributed by atoms with Gasteiger partial charge in [0.05, 0.1) is 17.5 Å². The molecule has 2 aromatic rings. The number of nitrogens with zero attached hydrogens (tertiary/aromatic N) is 1. The number of carbonyl (C=O) groups excluding carboxylic acids is 2. The summed E-state index contributed by atoms with van der Waals surface area (Å²) in [6, 6.07) is 11.0. The number of aryl methyl sites for hydroxylation is 1. The molecule has 2 fully saturated rings. The van der Waals surface area contributed by atoms with E-state index in [4.69, 9.17) is 0 Å². The molecule has 2 saturated heterocycles. The summed E-state index contributed by atoms with van der Waals surface area (Å²) in [6.45, 7) is 5.62. The fourth-order valence-corrected chi connectivity index (χ4v) is 5.56. The Hall–Kier alpha value is -2.71. The van der Waals surface area contributed by atoms with Crippen molar-refractivity contribution in [1.29, 1.82) is 0 Å². The highest BCUT2D eigenvalue weighted by molar-refractivity contribution is 9.10. The molecule has 2 aromatic carbocycles. The van der Waals surface area contributed by atoms with Crippen molar-refractivity contribution in [1.82, 2.24) is 5.32 Å². The van der Waals surface area contributed by atoms with Gasteiger partial charge in [-0.3, -0.25) is 19.7 Å². The number of carbonyl (C=O) groups is 3. The van der Waals surface area contributed by atoms with Crippen molar-refractivity contribution in [3.05, 3.63) is 58.1 Å². The smallest absolute Gasteiger partial charge is 0.324 e. The first kappa shape index (κ1) is 22.5. The number of fused-ring (bicyclic) bond motifs is 1. The molecule has 2 aliphatic rings. The summed E-state index contributed by atoms with van der Waals surface area (Å²) >= 11 is 3.38. The zero-order valence-corrected chi connectivity index (χ0v) is 19.6. The number of aliphatic carboxylic acids is 1. The summed E-state index contributed by atoms with van der Waals surface area (Å²) in [5.41, 5.74) is 0.0546. The van der Waals surface area contributed by atoms with Crippen molar-refractivity contribution in [2.45, 2.75) is 38.8 Å². The number of hydrogen-bond acceptors (Lipinski definition) is 5. The number of imide groups is 1. The second kappa shape index (κ2) is 8.01. The minimum absolute atomic E-state index is 0.0509. The van der Waals surface area contributed by atoms with Crippen molar-refractivity contribution < 1.29 is 24.6 Å². The summed E-state index contributed by atoms with van der Waals surface area (Å²) < 4.78 is 0.674. The topological polar surface area (TPSA) is 107 Å². The molecule has 0 saturated carbocycles. The zero-order valence-electron chi connectivity index (χ0n) is 18.0. The van der Waals surface area contributed by atoms with Crippen LogP contribution in [0.1, 0.15) is 37.4 Å². The number of carboxylic acid groups (broad SMARTS) is 1. The molecule has 168 valence electrons. The van der Waals surface area contributed by atoms with E-state index in [1.807, 2.05) is 26.8 Å². The molecular weight excluding hydrogens is 476 g/mol. The van der Waals surface area contributed by atoms with Gasteiger partial charge in [0.2, 0.25) is 11.8 Å². The molecule has 0 aliphatic carbocycles. The third-order valence-electron chi connectivity index (χ3n) is 6.35. The van der Waals surface area contributed by atoms with Crippen LogP contribution in [-0.4, -0.2) is 33.5 Å². The second-order valence-corrected chi connectivity index (χ2v) is 9.97. The molecule has 4 atom stereocenters. The predicted octanol–water partition coefficient (Wildman–Crippen LogP) is 3.78. The van der Waals surface area contributed by atoms with Gasteiger partial charge < -0.3 is 10.2 Å². The van der Waals surface area contributed by atoms with E-state index >= 15 is 0 Å². The van der Waals surface area contributed by atoms with E-state index in [9.17, 15) is 24.6 Å². The molecule has 0 radical (unpaired) electrons. The summed E-state index contributed by atoms with van der Waals surface area (Å²) in [6.07, 6.45) is 0.162. The lowest BCUT2D eigenvalue weighted by molar-refractivity contribution is -0.149. The summed E-state index contributed by atoms with van der Waals surface area (Å²) in [5, 5.41) is 24.0. The number of amides is 2. The van der Waals surface area contributed by atoms with Crippen LogP contribution in [0, 0.1) is 24.7 Å². The highest BCUT2D eigenvalue weighted by atomic mass is 79.9. The van der Waals surface area contributed by atoms with E-state index in [2.05, 4.69) is 21.2 Å². The number of phenols is 1. The van der Waals surface area contributed by atoms with Gasteiger partial charge in [0.1, 0.15) is 11.3 Å². The monoisotopic (exact) mass is 500 g/mol. The first-order valence-corrected chi connectivity index (χ1v) is 11.3. The lowest BCUT2D eigenvalue weighted by Crippen LogP contribution is -2.56. The van der Waals surface area contributed by atoms with Crippen LogP contribution in [0.25, 0.3) is 0 Å². The quantitative estimate of drug-likeness (QED) is 0.539. The van der Waals surface area contributed by atoms with Gasteiger partial charge in [-0.2, -0.15) is 0 Å². The molecule has 2 heterocycles. The number of anilines is 1. The van der Waals surface area contributed by atoms with Crippen LogP contribution in [0.4, 0.5) is 5.69 Å². The Morgan fingerprint density at radius 2 is 1.91 bits per heavy atom. The number of carboxylic acids is 1. The minimum Gasteiger partial charge on any atom is -0.508 e. The molecule has 0 spiro atoms. The third-order valence-corrected chi connectivity index (χ3v) is 6.84. The van der Waals surface area contributed by atoms with Crippen molar-refractivity contribution in [2.75, 3.05) is 4.90 Å². The SMILES string of the molecule is Cc1cccc(N2C(=O)[C@@H]3[C@H](c4cc(Br)ccc4O)N[C@@](CC(C)C)(C(=O)O)[C@H]3C2=O)c1. The van der Waals surface area contributed by atoms with Crippen molar-refractivity contribution in [2.24, 2.45) is 17.8 Å². The number of phenolic OH excluding ortho intramolecular Hbond substituents is 1. The first-order chi connectivity index (χ1) is 15.1. The fourth-order valence-electron chi connectivity index (χ4n) is 5.18. The Morgan fingerprint density at radius 1 is 1.19 bits per heavy atom. The van der Waals surface area contributed by atoms with Gasteiger partial charge in [-0.1, -0.05) is 41.9 Å². The van der Waals surface area contributed by atoms with Crippen LogP contribution in [0.3, 0.4) is 0 Å². The average Bonchev–Trinajstić information content (AvgIpc) is 3.18. The molecule has 2 amide bonds. The van der Waals surface area contributed by atoms with Crippen LogP contribution in [0.5, 0.6) is 5.75 Å². The van der Waals surface area contributed by atoms with Gasteiger partial charge in [-0.25, -0.2) is 4.90 Å². The van der Waals surface area contributed by atoms with Gasteiger partial charge in [-0.05, 0) is 55.2 Å². The maximum atomic E-state index is 13.7. The molecule has 7 nitrogen and oxygen atoms in total. The largest absolute Gasteiger partial charge is 0.508 e. The Labute approximate surface area is 194 Å². The number of aromatic hydroxyl groups is 1. The van der Waals surface area contributed by atoms with Crippen LogP contribution in [0.15, 0.2) is 46.9 Å². The van der Waals surface area contributed by atoms with E-state index in [1.54, 1.807) is 30.3 Å². The van der Waals surface area contributed by atoms with Crippen LogP contribution in [-0.2, 0) is 14.4 Å². The van der Waals surface area contributed by atoms with E-state index in [0.29, 0.717) is 15.7 Å². The molecule has 3 N–H and O–H groups in total. The maximum absolute atomic E-state index is 13.7. The number of hydrogen-bond donors (Lipinski definition) is 3. The lowest BCUT2D eigenvalue weighted by atomic mass is 9.75. The first-order valence-electron chi connectivity index (χ1n) is 10.5. The minimum atomic E-state index is -1.64. The van der Waals surface area contributed by atoms with Gasteiger partial charge in [0.15, 0.2) is 0 Å². The highest BCUT2D eigenvalue weighted by Crippen LogP contribution is 2.53. The lowest BCUT2D eigenvalue weighted by Gasteiger charge is -2.32. The van der Waals surface area contributed by atoms with Gasteiger partial charge in [0.25, 0.3) is 0 Å². The Morgan fingerprint density at radius 3 is 2.53 bits per heavy atom. The molecule has 4 rings (SSSR count). The highest BCUT2D eigenvalue weighted by Gasteiger charge is 2.68. The van der Waals surface area contributed by atoms with Crippen molar-refractivity contribution >= 4 is 39.4 Å². The average molecular weight is 501 g/mol. The van der Waals surface area contributed by atoms with Crippen LogP contribution < -0.4 is 10.2 Å². The maximum Gasteiger partial charge on any atom is 0.324 e. The normalized spacial score (nSPS) is 27.3. The van der Waals surface area contributed by atoms with E-state index in [-0.39, 0.29) is 18.1 Å². The van der Waals surface area contributed by atoms with Crippen LogP contribution in [0.2, 0.25) is 0 Å². The Bertz CT molecular complexity index is 1120. The van der Waals surface area contributed by atoms with Crippen molar-refractivity contribution in [3.63, 3.8) is 0 Å². The molecule has 0 unspecified atom stereocenters. The van der Waals surface area contributed by atoms with Gasteiger partial charge in [0, 0.05) is 16.1 Å². The third kappa shape index (κ3) is 3.42. The standard InChI is InChI=1S/C24H25BrN2O5/c1-12(2)11-24(23(31)32)19-18(20(26-24)16-10-14(25)7-8-17(16)28)21(29)27(22(19)30)15-6-4-5-13(3)9-15/h4-10,12,18-20,26,28H,11H2,1-3H3,(H,31,32)/t18-,19+,20-,24+/m0/s1. The van der Waals surface area contributed by atoms with Crippen LogP contribution >= 0.6 is 15.9 Å². The summed E-state index contributed by atoms with van der Waals surface area (Å²) in [7, 11) is 0. The zero-order chi connectivity index (χ0) is 23.4. The molecular formula is C24H25BrN2O5. The second-order valence-electron chi connectivity index (χ2n) is 9.05. The number of rotatable bonds is 5. The van der Waals surface area contributed by atoms with Gasteiger partial charge >= 0.3 is 5.97 Å². The summed E-state index contributed by atoms with van der Waals surface area (Å²) in [5.74, 6) is -4.34. The van der Waals surface area contributed by atoms with E-state index in [0.717, 1.165) is 10.5 Å². The van der Waals surface area contributed by atoms with E-state index < -0.39 is 41.2 Å². The van der Waals surface area contributed by atoms with Gasteiger partial charge in [-0.15, -0.1) is 0 Å². The predicted molar refractivity (Wildman–Crippen MR) is 122 cm³/mol. The molecule has 0 bridgehead atoms. The Kier molecular flexibility index (Phi) is 5.63. The Balaban J connectivity index is 1.91. The molecule has 2 aliphatic heterocycles. The van der Waals surface area contributed by atoms with Crippen molar-refractivity contribution in [3.8, 4) is 5.75 Å². The molecule has 0 aromatic heterocycles. The summed E-state index contributed by atoms with van der Waals surface area (Å²) in [4.78, 5) is 41.1. The van der Waals surface area contributed by atoms with E-state index in [1.165, 1.54) is 6.07 Å². The number of nitrogens with one attached hydrogen (secondary N) is 1. The fraction of sp³-hybridized carbons (Fsp3) is 0.375. The number of benzene rings is 2. The molecule has 32 heavy (non-hydrogen) atoms. The number of halogens is 1. The molecule has 8 heteroatoms.